The largest absolute Gasteiger partial charge is 0.504 e. The highest BCUT2D eigenvalue weighted by atomic mass is 16.5. The van der Waals surface area contributed by atoms with E-state index in [0.29, 0.717) is 5.75 Å². The van der Waals surface area contributed by atoms with Crippen LogP contribution < -0.4 is 4.74 Å². The Morgan fingerprint density at radius 1 is 1.26 bits per heavy atom. The summed E-state index contributed by atoms with van der Waals surface area (Å²) >= 11 is 0. The lowest BCUT2D eigenvalue weighted by Crippen LogP contribution is -2.28. The fraction of sp³-hybridized carbons (Fsp3) is 0.533. The molecule has 0 spiro atoms. The first kappa shape index (κ1) is 13.7. The smallest absolute Gasteiger partial charge is 0.160 e. The van der Waals surface area contributed by atoms with E-state index in [2.05, 4.69) is 11.0 Å². The summed E-state index contributed by atoms with van der Waals surface area (Å²) in [4.78, 5) is 2.20. The highest BCUT2D eigenvalue weighted by molar-refractivity contribution is 5.43. The average Bonchev–Trinajstić information content (AvgIpc) is 2.69. The minimum Gasteiger partial charge on any atom is -0.504 e. The Hall–Kier alpha value is -1.73. The van der Waals surface area contributed by atoms with Crippen molar-refractivity contribution in [2.75, 3.05) is 20.2 Å². The summed E-state index contributed by atoms with van der Waals surface area (Å²) in [6, 6.07) is 7.28. The van der Waals surface area contributed by atoms with Crippen molar-refractivity contribution in [3.05, 3.63) is 23.8 Å². The van der Waals surface area contributed by atoms with Gasteiger partial charge in [0, 0.05) is 0 Å². The van der Waals surface area contributed by atoms with Crippen molar-refractivity contribution < 1.29 is 9.84 Å². The number of aromatic hydroxyl groups is 1. The molecule has 0 aromatic heterocycles. The fourth-order valence-corrected chi connectivity index (χ4v) is 2.60. The van der Waals surface area contributed by atoms with E-state index in [1.54, 1.807) is 12.1 Å². The van der Waals surface area contributed by atoms with Crippen molar-refractivity contribution >= 4 is 0 Å². The van der Waals surface area contributed by atoms with E-state index < -0.39 is 0 Å². The highest BCUT2D eigenvalue weighted by Gasteiger charge is 2.22. The van der Waals surface area contributed by atoms with Gasteiger partial charge in [-0.05, 0) is 43.6 Å². The Bertz CT molecular complexity index is 460. The minimum atomic E-state index is -0.282. The Labute approximate surface area is 114 Å². The number of hydrogen-bond donors (Lipinski definition) is 1. The minimum absolute atomic E-state index is 0.0927. The first-order chi connectivity index (χ1) is 9.26. The van der Waals surface area contributed by atoms with Gasteiger partial charge in [-0.3, -0.25) is 4.90 Å². The predicted molar refractivity (Wildman–Crippen MR) is 73.1 cm³/mol. The third kappa shape index (κ3) is 3.18. The SMILES string of the molecule is COc1ccc(C(C#N)N2CCCCCC2)cc1O. The number of methoxy groups -OCH3 is 1. The zero-order valence-corrected chi connectivity index (χ0v) is 11.3. The van der Waals surface area contributed by atoms with E-state index in [0.717, 1.165) is 31.5 Å². The van der Waals surface area contributed by atoms with E-state index in [9.17, 15) is 10.4 Å². The summed E-state index contributed by atoms with van der Waals surface area (Å²) in [7, 11) is 1.52. The summed E-state index contributed by atoms with van der Waals surface area (Å²) in [5.41, 5.74) is 0.836. The number of nitriles is 1. The van der Waals surface area contributed by atoms with Crippen LogP contribution in [0.5, 0.6) is 11.5 Å². The van der Waals surface area contributed by atoms with Gasteiger partial charge in [0.2, 0.25) is 0 Å². The Morgan fingerprint density at radius 2 is 1.95 bits per heavy atom. The van der Waals surface area contributed by atoms with Gasteiger partial charge in [-0.15, -0.1) is 0 Å². The van der Waals surface area contributed by atoms with Gasteiger partial charge in [-0.2, -0.15) is 5.26 Å². The number of rotatable bonds is 3. The number of nitrogens with zero attached hydrogens (tertiary/aromatic N) is 2. The Morgan fingerprint density at radius 3 is 2.47 bits per heavy atom. The molecule has 1 saturated heterocycles. The van der Waals surface area contributed by atoms with Crippen molar-refractivity contribution in [2.24, 2.45) is 0 Å². The molecule has 0 saturated carbocycles. The number of likely N-dealkylation sites (tertiary alicyclic amines) is 1. The molecular weight excluding hydrogens is 240 g/mol. The van der Waals surface area contributed by atoms with Crippen LogP contribution in [0.3, 0.4) is 0 Å². The third-order valence-electron chi connectivity index (χ3n) is 3.65. The maximum atomic E-state index is 9.84. The lowest BCUT2D eigenvalue weighted by atomic mass is 10.1. The predicted octanol–water partition coefficient (Wildman–Crippen LogP) is 2.84. The topological polar surface area (TPSA) is 56.5 Å². The van der Waals surface area contributed by atoms with Crippen LogP contribution in [-0.2, 0) is 0 Å². The van der Waals surface area contributed by atoms with Gasteiger partial charge < -0.3 is 9.84 Å². The van der Waals surface area contributed by atoms with E-state index in [1.807, 2.05) is 6.07 Å². The van der Waals surface area contributed by atoms with E-state index in [1.165, 1.54) is 20.0 Å². The molecule has 1 aromatic carbocycles. The molecule has 102 valence electrons. The number of hydrogen-bond acceptors (Lipinski definition) is 4. The van der Waals surface area contributed by atoms with Crippen LogP contribution in [0.4, 0.5) is 0 Å². The molecule has 0 amide bonds. The lowest BCUT2D eigenvalue weighted by molar-refractivity contribution is 0.245. The van der Waals surface area contributed by atoms with Gasteiger partial charge in [-0.1, -0.05) is 18.9 Å². The van der Waals surface area contributed by atoms with Crippen LogP contribution in [0.15, 0.2) is 18.2 Å². The first-order valence-corrected chi connectivity index (χ1v) is 6.77. The third-order valence-corrected chi connectivity index (χ3v) is 3.65. The Kier molecular flexibility index (Phi) is 4.64. The second-order valence-corrected chi connectivity index (χ2v) is 4.91. The summed E-state index contributed by atoms with van der Waals surface area (Å²) in [6.07, 6.45) is 4.76. The molecular formula is C15H20N2O2. The molecule has 1 N–H and O–H groups in total. The molecule has 1 heterocycles. The summed E-state index contributed by atoms with van der Waals surface area (Å²) in [6.45, 7) is 1.90. The second-order valence-electron chi connectivity index (χ2n) is 4.91. The molecule has 2 rings (SSSR count). The van der Waals surface area contributed by atoms with Gasteiger partial charge >= 0.3 is 0 Å². The van der Waals surface area contributed by atoms with Gasteiger partial charge in [0.1, 0.15) is 6.04 Å². The zero-order chi connectivity index (χ0) is 13.7. The molecule has 0 aliphatic carbocycles. The van der Waals surface area contributed by atoms with Crippen LogP contribution in [0, 0.1) is 11.3 Å². The summed E-state index contributed by atoms with van der Waals surface area (Å²) < 4.78 is 5.03. The average molecular weight is 260 g/mol. The van der Waals surface area contributed by atoms with Gasteiger partial charge in [-0.25, -0.2) is 0 Å². The van der Waals surface area contributed by atoms with Crippen LogP contribution in [-0.4, -0.2) is 30.2 Å². The van der Waals surface area contributed by atoms with Crippen molar-refractivity contribution in [2.45, 2.75) is 31.7 Å². The summed E-state index contributed by atoms with van der Waals surface area (Å²) in [5, 5.41) is 19.3. The number of phenolic OH excluding ortho intramolecular Hbond substituents is 1. The second kappa shape index (κ2) is 6.44. The molecule has 0 radical (unpaired) electrons. The van der Waals surface area contributed by atoms with Gasteiger partial charge in [0.15, 0.2) is 11.5 Å². The molecule has 1 fully saturated rings. The van der Waals surface area contributed by atoms with Crippen molar-refractivity contribution in [1.29, 1.82) is 5.26 Å². The molecule has 19 heavy (non-hydrogen) atoms. The number of benzene rings is 1. The highest BCUT2D eigenvalue weighted by Crippen LogP contribution is 2.31. The Balaban J connectivity index is 2.21. The maximum absolute atomic E-state index is 9.84. The summed E-state index contributed by atoms with van der Waals surface area (Å²) in [5.74, 6) is 0.534. The molecule has 4 heteroatoms. The molecule has 1 aliphatic heterocycles. The molecule has 4 nitrogen and oxygen atoms in total. The first-order valence-electron chi connectivity index (χ1n) is 6.77. The lowest BCUT2D eigenvalue weighted by Gasteiger charge is -2.25. The van der Waals surface area contributed by atoms with Crippen molar-refractivity contribution in [3.63, 3.8) is 0 Å². The van der Waals surface area contributed by atoms with E-state index >= 15 is 0 Å². The van der Waals surface area contributed by atoms with E-state index in [4.69, 9.17) is 4.74 Å². The van der Waals surface area contributed by atoms with Crippen LogP contribution in [0.2, 0.25) is 0 Å². The van der Waals surface area contributed by atoms with Crippen LogP contribution in [0.25, 0.3) is 0 Å². The van der Waals surface area contributed by atoms with Gasteiger partial charge in [0.05, 0.1) is 13.2 Å². The number of phenols is 1. The molecule has 0 bridgehead atoms. The van der Waals surface area contributed by atoms with Crippen LogP contribution in [0.1, 0.15) is 37.3 Å². The zero-order valence-electron chi connectivity index (χ0n) is 11.3. The standard InChI is InChI=1S/C15H20N2O2/c1-19-15-7-6-12(10-14(15)18)13(11-16)17-8-4-2-3-5-9-17/h6-7,10,13,18H,2-5,8-9H2,1H3. The quantitative estimate of drug-likeness (QED) is 0.908. The molecule has 1 aliphatic rings. The van der Waals surface area contributed by atoms with Crippen molar-refractivity contribution in [3.8, 4) is 17.6 Å². The van der Waals surface area contributed by atoms with Crippen molar-refractivity contribution in [1.82, 2.24) is 4.90 Å². The van der Waals surface area contributed by atoms with Gasteiger partial charge in [0.25, 0.3) is 0 Å². The normalized spacial score (nSPS) is 18.3. The monoisotopic (exact) mass is 260 g/mol. The number of ether oxygens (including phenoxy) is 1. The maximum Gasteiger partial charge on any atom is 0.160 e. The molecule has 1 atom stereocenters. The molecule has 1 unspecified atom stereocenters. The van der Waals surface area contributed by atoms with E-state index in [-0.39, 0.29) is 11.8 Å². The fourth-order valence-electron chi connectivity index (χ4n) is 2.60. The molecule has 1 aromatic rings. The van der Waals surface area contributed by atoms with Crippen LogP contribution >= 0.6 is 0 Å².